The minimum atomic E-state index is -0.394. The van der Waals surface area contributed by atoms with E-state index in [4.69, 9.17) is 4.74 Å². The van der Waals surface area contributed by atoms with Crippen molar-refractivity contribution in [3.63, 3.8) is 0 Å². The van der Waals surface area contributed by atoms with Gasteiger partial charge in [-0.25, -0.2) is 4.99 Å². The fourth-order valence-corrected chi connectivity index (χ4v) is 2.56. The van der Waals surface area contributed by atoms with Crippen LogP contribution in [0.1, 0.15) is 45.1 Å². The predicted octanol–water partition coefficient (Wildman–Crippen LogP) is 3.00. The summed E-state index contributed by atoms with van der Waals surface area (Å²) in [6.45, 7) is 6.27. The average molecular weight is 348 g/mol. The lowest BCUT2D eigenvalue weighted by Gasteiger charge is -2.24. The molecule has 1 aromatic carbocycles. The molecule has 2 rings (SSSR count). The molecule has 0 saturated carbocycles. The highest BCUT2D eigenvalue weighted by Crippen LogP contribution is 2.13. The van der Waals surface area contributed by atoms with E-state index in [0.717, 1.165) is 43.9 Å². The van der Waals surface area contributed by atoms with Crippen LogP contribution in [0.3, 0.4) is 0 Å². The molecule has 25 heavy (non-hydrogen) atoms. The first-order chi connectivity index (χ1) is 12.1. The van der Waals surface area contributed by atoms with E-state index in [9.17, 15) is 10.1 Å². The molecular formula is C18H28N4O3. The van der Waals surface area contributed by atoms with E-state index in [2.05, 4.69) is 29.5 Å². The van der Waals surface area contributed by atoms with Gasteiger partial charge in [0.2, 0.25) is 0 Å². The monoisotopic (exact) mass is 348 g/mol. The maximum absolute atomic E-state index is 10.7. The molecule has 2 unspecified atom stereocenters. The highest BCUT2D eigenvalue weighted by atomic mass is 16.6. The van der Waals surface area contributed by atoms with Gasteiger partial charge in [0.25, 0.3) is 5.69 Å². The number of aliphatic imine (C=N–C) groups is 1. The number of guanidine groups is 1. The number of nitro groups is 1. The Labute approximate surface area is 149 Å². The van der Waals surface area contributed by atoms with Crippen molar-refractivity contribution in [1.82, 2.24) is 10.6 Å². The molecule has 7 heteroatoms. The summed E-state index contributed by atoms with van der Waals surface area (Å²) in [4.78, 5) is 14.9. The molecule has 1 aliphatic heterocycles. The van der Waals surface area contributed by atoms with Crippen molar-refractivity contribution < 1.29 is 9.66 Å². The second kappa shape index (κ2) is 9.98. The van der Waals surface area contributed by atoms with Crippen LogP contribution in [0.15, 0.2) is 29.3 Å². The molecule has 1 saturated heterocycles. The fraction of sp³-hybridized carbons (Fsp3) is 0.611. The molecule has 1 fully saturated rings. The Morgan fingerprint density at radius 3 is 2.76 bits per heavy atom. The molecule has 2 N–H and O–H groups in total. The van der Waals surface area contributed by atoms with Crippen LogP contribution in [0.5, 0.6) is 0 Å². The summed E-state index contributed by atoms with van der Waals surface area (Å²) >= 11 is 0. The van der Waals surface area contributed by atoms with Crippen LogP contribution in [-0.2, 0) is 11.3 Å². The Balaban J connectivity index is 1.94. The minimum Gasteiger partial charge on any atom is -0.376 e. The standard InChI is InChI=1S/C18H28N4O3/c1-3-14(2)21-18(20-13-17-6-4-5-11-25-17)19-12-15-7-9-16(10-8-15)22(23)24/h7-10,14,17H,3-6,11-13H2,1-2H3,(H2,19,20,21). The number of ether oxygens (including phenoxy) is 1. The van der Waals surface area contributed by atoms with Crippen molar-refractivity contribution in [3.05, 3.63) is 39.9 Å². The third kappa shape index (κ3) is 6.70. The van der Waals surface area contributed by atoms with Gasteiger partial charge in [-0.3, -0.25) is 10.1 Å². The minimum absolute atomic E-state index is 0.0956. The van der Waals surface area contributed by atoms with Crippen LogP contribution < -0.4 is 10.6 Å². The average Bonchev–Trinajstić information content (AvgIpc) is 2.64. The van der Waals surface area contributed by atoms with E-state index >= 15 is 0 Å². The third-order valence-electron chi connectivity index (χ3n) is 4.33. The predicted molar refractivity (Wildman–Crippen MR) is 98.7 cm³/mol. The smallest absolute Gasteiger partial charge is 0.269 e. The summed E-state index contributed by atoms with van der Waals surface area (Å²) in [5.74, 6) is 0.752. The van der Waals surface area contributed by atoms with Gasteiger partial charge in [-0.1, -0.05) is 19.1 Å². The molecular weight excluding hydrogens is 320 g/mol. The van der Waals surface area contributed by atoms with Crippen LogP contribution >= 0.6 is 0 Å². The lowest BCUT2D eigenvalue weighted by molar-refractivity contribution is -0.384. The number of nitrogens with one attached hydrogen (secondary N) is 2. The van der Waals surface area contributed by atoms with Crippen LogP contribution in [0.2, 0.25) is 0 Å². The van der Waals surface area contributed by atoms with Gasteiger partial charge in [0, 0.05) is 31.3 Å². The molecule has 0 aliphatic carbocycles. The summed E-state index contributed by atoms with van der Waals surface area (Å²) in [5.41, 5.74) is 1.03. The molecule has 2 atom stereocenters. The Hall–Kier alpha value is -2.15. The Morgan fingerprint density at radius 1 is 1.40 bits per heavy atom. The quantitative estimate of drug-likeness (QED) is 0.342. The zero-order chi connectivity index (χ0) is 18.1. The molecule has 1 aromatic rings. The Bertz CT molecular complexity index is 568. The van der Waals surface area contributed by atoms with Crippen molar-refractivity contribution in [1.29, 1.82) is 0 Å². The second-order valence-corrected chi connectivity index (χ2v) is 6.41. The van der Waals surface area contributed by atoms with E-state index in [-0.39, 0.29) is 11.8 Å². The number of non-ortho nitro benzene ring substituents is 1. The summed E-state index contributed by atoms with van der Waals surface area (Å²) < 4.78 is 5.75. The van der Waals surface area contributed by atoms with Crippen molar-refractivity contribution in [2.45, 2.75) is 58.2 Å². The van der Waals surface area contributed by atoms with Gasteiger partial charge in [-0.2, -0.15) is 0 Å². The number of hydrogen-bond acceptors (Lipinski definition) is 4. The second-order valence-electron chi connectivity index (χ2n) is 6.41. The van der Waals surface area contributed by atoms with E-state index in [0.29, 0.717) is 12.6 Å². The van der Waals surface area contributed by atoms with Gasteiger partial charge in [0.15, 0.2) is 5.96 Å². The number of nitrogens with zero attached hydrogens (tertiary/aromatic N) is 2. The number of rotatable bonds is 7. The molecule has 1 heterocycles. The van der Waals surface area contributed by atoms with Gasteiger partial charge in [0.1, 0.15) is 0 Å². The highest BCUT2D eigenvalue weighted by Gasteiger charge is 2.14. The number of hydrogen-bond donors (Lipinski definition) is 2. The molecule has 138 valence electrons. The van der Waals surface area contributed by atoms with Gasteiger partial charge in [0.05, 0.1) is 17.6 Å². The van der Waals surface area contributed by atoms with Crippen LogP contribution in [-0.4, -0.2) is 36.2 Å². The number of nitro benzene ring substituents is 1. The first-order valence-corrected chi connectivity index (χ1v) is 8.98. The number of benzene rings is 1. The molecule has 0 bridgehead atoms. The fourth-order valence-electron chi connectivity index (χ4n) is 2.56. The summed E-state index contributed by atoms with van der Waals surface area (Å²) in [6.07, 6.45) is 4.66. The van der Waals surface area contributed by atoms with E-state index < -0.39 is 4.92 Å². The summed E-state index contributed by atoms with van der Waals surface area (Å²) in [5, 5.41) is 17.5. The van der Waals surface area contributed by atoms with Crippen LogP contribution in [0, 0.1) is 10.1 Å². The van der Waals surface area contributed by atoms with Gasteiger partial charge >= 0.3 is 0 Å². The SMILES string of the molecule is CCC(C)NC(=NCc1ccc([N+](=O)[O-])cc1)NCC1CCCCO1. The lowest BCUT2D eigenvalue weighted by atomic mass is 10.1. The molecule has 0 radical (unpaired) electrons. The van der Waals surface area contributed by atoms with Crippen molar-refractivity contribution in [2.24, 2.45) is 4.99 Å². The molecule has 1 aliphatic rings. The largest absolute Gasteiger partial charge is 0.376 e. The highest BCUT2D eigenvalue weighted by molar-refractivity contribution is 5.80. The Kier molecular flexibility index (Phi) is 7.66. The lowest BCUT2D eigenvalue weighted by Crippen LogP contribution is -2.45. The van der Waals surface area contributed by atoms with Gasteiger partial charge in [-0.15, -0.1) is 0 Å². The van der Waals surface area contributed by atoms with E-state index in [1.165, 1.54) is 18.6 Å². The topological polar surface area (TPSA) is 88.8 Å². The summed E-state index contributed by atoms with van der Waals surface area (Å²) in [6, 6.07) is 6.82. The van der Waals surface area contributed by atoms with E-state index in [1.807, 2.05) is 0 Å². The third-order valence-corrected chi connectivity index (χ3v) is 4.33. The molecule has 7 nitrogen and oxygen atoms in total. The summed E-state index contributed by atoms with van der Waals surface area (Å²) in [7, 11) is 0. The molecule has 0 aromatic heterocycles. The van der Waals surface area contributed by atoms with Crippen LogP contribution in [0.25, 0.3) is 0 Å². The van der Waals surface area contributed by atoms with Crippen molar-refractivity contribution in [2.75, 3.05) is 13.2 Å². The first kappa shape index (κ1) is 19.2. The zero-order valence-electron chi connectivity index (χ0n) is 15.0. The van der Waals surface area contributed by atoms with Crippen molar-refractivity contribution >= 4 is 11.6 Å². The molecule has 0 amide bonds. The van der Waals surface area contributed by atoms with Gasteiger partial charge < -0.3 is 15.4 Å². The van der Waals surface area contributed by atoms with Crippen molar-refractivity contribution in [3.8, 4) is 0 Å². The first-order valence-electron chi connectivity index (χ1n) is 8.98. The zero-order valence-corrected chi connectivity index (χ0v) is 15.0. The normalized spacial score (nSPS) is 19.3. The Morgan fingerprint density at radius 2 is 2.16 bits per heavy atom. The maximum Gasteiger partial charge on any atom is 0.269 e. The molecule has 0 spiro atoms. The van der Waals surface area contributed by atoms with E-state index in [1.54, 1.807) is 12.1 Å². The van der Waals surface area contributed by atoms with Gasteiger partial charge in [-0.05, 0) is 38.2 Å². The maximum atomic E-state index is 10.7. The van der Waals surface area contributed by atoms with Crippen LogP contribution in [0.4, 0.5) is 5.69 Å².